The molecule has 1 aromatic heterocycles. The van der Waals surface area contributed by atoms with Crippen LogP contribution in [-0.2, 0) is 0 Å². The number of carbonyl (C=O) groups excluding carboxylic acids is 1. The summed E-state index contributed by atoms with van der Waals surface area (Å²) in [5.74, 6) is -0.462. The van der Waals surface area contributed by atoms with E-state index in [-0.39, 0.29) is 17.2 Å². The summed E-state index contributed by atoms with van der Waals surface area (Å²) in [6.45, 7) is 5.92. The zero-order chi connectivity index (χ0) is 18.7. The molecule has 1 unspecified atom stereocenters. The molecule has 1 fully saturated rings. The van der Waals surface area contributed by atoms with Crippen LogP contribution in [0.15, 0.2) is 23.6 Å². The predicted molar refractivity (Wildman–Crippen MR) is 102 cm³/mol. The van der Waals surface area contributed by atoms with Crippen LogP contribution in [0.4, 0.5) is 5.13 Å². The molecule has 140 valence electrons. The van der Waals surface area contributed by atoms with Gasteiger partial charge in [-0.05, 0) is 24.6 Å². The number of nitrogens with zero attached hydrogens (tertiary/aromatic N) is 3. The SMILES string of the molecule is CNC(=O)c1cc(C(O)CN2CCN(c3nc(C)cs3)CC2)ccc1O. The first-order valence-electron chi connectivity index (χ1n) is 8.60. The lowest BCUT2D eigenvalue weighted by Crippen LogP contribution is -2.47. The minimum Gasteiger partial charge on any atom is -0.507 e. The van der Waals surface area contributed by atoms with Crippen LogP contribution in [0.25, 0.3) is 0 Å². The third-order valence-electron chi connectivity index (χ3n) is 4.56. The molecule has 0 spiro atoms. The monoisotopic (exact) mass is 376 g/mol. The molecule has 3 rings (SSSR count). The second kappa shape index (κ2) is 8.03. The standard InChI is InChI=1S/C18H24N4O3S/c1-12-11-26-18(20-12)22-7-5-21(6-8-22)10-16(24)13-3-4-15(23)14(9-13)17(25)19-2/h3-4,9,11,16,23-24H,5-8,10H2,1-2H3,(H,19,25). The molecule has 8 heteroatoms. The second-order valence-electron chi connectivity index (χ2n) is 6.43. The highest BCUT2D eigenvalue weighted by Gasteiger charge is 2.22. The molecule has 1 aliphatic heterocycles. The van der Waals surface area contributed by atoms with Gasteiger partial charge in [-0.3, -0.25) is 9.69 Å². The fraction of sp³-hybridized carbons (Fsp3) is 0.444. The quantitative estimate of drug-likeness (QED) is 0.730. The number of piperazine rings is 1. The molecule has 7 nitrogen and oxygen atoms in total. The molecule has 1 amide bonds. The van der Waals surface area contributed by atoms with Gasteiger partial charge in [0.2, 0.25) is 0 Å². The van der Waals surface area contributed by atoms with Crippen LogP contribution in [0.5, 0.6) is 5.75 Å². The average molecular weight is 376 g/mol. The number of hydrogen-bond donors (Lipinski definition) is 3. The molecular weight excluding hydrogens is 352 g/mol. The number of nitrogens with one attached hydrogen (secondary N) is 1. The molecule has 26 heavy (non-hydrogen) atoms. The van der Waals surface area contributed by atoms with Crippen LogP contribution in [-0.4, -0.2) is 65.8 Å². The first-order valence-corrected chi connectivity index (χ1v) is 9.48. The Balaban J connectivity index is 1.59. The lowest BCUT2D eigenvalue weighted by molar-refractivity contribution is 0.0958. The van der Waals surface area contributed by atoms with Crippen molar-refractivity contribution >= 4 is 22.4 Å². The molecule has 2 aromatic rings. The van der Waals surface area contributed by atoms with Gasteiger partial charge in [0.1, 0.15) is 5.75 Å². The Bertz CT molecular complexity index is 772. The number of carbonyl (C=O) groups is 1. The van der Waals surface area contributed by atoms with Gasteiger partial charge in [-0.15, -0.1) is 11.3 Å². The number of hydrogen-bond acceptors (Lipinski definition) is 7. The number of aliphatic hydroxyl groups excluding tert-OH is 1. The largest absolute Gasteiger partial charge is 0.507 e. The van der Waals surface area contributed by atoms with Gasteiger partial charge in [-0.25, -0.2) is 4.98 Å². The summed E-state index contributed by atoms with van der Waals surface area (Å²) >= 11 is 1.66. The lowest BCUT2D eigenvalue weighted by Gasteiger charge is -2.35. The van der Waals surface area contributed by atoms with Crippen LogP contribution >= 0.6 is 11.3 Å². The van der Waals surface area contributed by atoms with Crippen molar-refractivity contribution < 1.29 is 15.0 Å². The second-order valence-corrected chi connectivity index (χ2v) is 7.27. The molecule has 1 atom stereocenters. The summed E-state index contributed by atoms with van der Waals surface area (Å²) in [4.78, 5) is 20.8. The van der Waals surface area contributed by atoms with Gasteiger partial charge in [0.05, 0.1) is 17.4 Å². The van der Waals surface area contributed by atoms with Gasteiger partial charge in [0.15, 0.2) is 5.13 Å². The van der Waals surface area contributed by atoms with E-state index in [9.17, 15) is 15.0 Å². The van der Waals surface area contributed by atoms with Crippen molar-refractivity contribution in [3.05, 3.63) is 40.4 Å². The van der Waals surface area contributed by atoms with E-state index in [1.807, 2.05) is 6.92 Å². The van der Waals surface area contributed by atoms with E-state index in [4.69, 9.17) is 0 Å². The van der Waals surface area contributed by atoms with E-state index in [0.29, 0.717) is 12.1 Å². The topological polar surface area (TPSA) is 88.9 Å². The molecule has 1 aliphatic rings. The van der Waals surface area contributed by atoms with Crippen molar-refractivity contribution in [1.82, 2.24) is 15.2 Å². The van der Waals surface area contributed by atoms with Gasteiger partial charge in [0, 0.05) is 45.2 Å². The number of phenols is 1. The summed E-state index contributed by atoms with van der Waals surface area (Å²) in [6, 6.07) is 4.65. The molecule has 1 aromatic carbocycles. The predicted octanol–water partition coefficient (Wildman–Crippen LogP) is 1.37. The van der Waals surface area contributed by atoms with Gasteiger partial charge < -0.3 is 20.4 Å². The first-order chi connectivity index (χ1) is 12.5. The van der Waals surface area contributed by atoms with Gasteiger partial charge in [-0.1, -0.05) is 6.07 Å². The number of β-amino-alcohol motifs (C(OH)–C–C–N with tert-alkyl or cyclic N) is 1. The summed E-state index contributed by atoms with van der Waals surface area (Å²) in [5, 5.41) is 26.0. The molecule has 0 radical (unpaired) electrons. The maximum absolute atomic E-state index is 11.8. The Morgan fingerprint density at radius 2 is 2.08 bits per heavy atom. The Kier molecular flexibility index (Phi) is 5.75. The zero-order valence-electron chi connectivity index (χ0n) is 15.0. The van der Waals surface area contributed by atoms with Crippen molar-refractivity contribution in [2.45, 2.75) is 13.0 Å². The number of phenolic OH excluding ortho intramolecular Hbond substituents is 1. The van der Waals surface area contributed by atoms with E-state index in [2.05, 4.69) is 25.5 Å². The molecular formula is C18H24N4O3S. The highest BCUT2D eigenvalue weighted by molar-refractivity contribution is 7.13. The van der Waals surface area contributed by atoms with Crippen LogP contribution < -0.4 is 10.2 Å². The molecule has 0 bridgehead atoms. The van der Waals surface area contributed by atoms with Crippen molar-refractivity contribution in [2.24, 2.45) is 0 Å². The number of aliphatic hydroxyl groups is 1. The van der Waals surface area contributed by atoms with E-state index in [1.165, 1.54) is 13.1 Å². The van der Waals surface area contributed by atoms with E-state index in [1.54, 1.807) is 23.5 Å². The number of aryl methyl sites for hydroxylation is 1. The van der Waals surface area contributed by atoms with Crippen molar-refractivity contribution in [3.8, 4) is 5.75 Å². The molecule has 2 heterocycles. The number of aromatic nitrogens is 1. The maximum Gasteiger partial charge on any atom is 0.254 e. The fourth-order valence-electron chi connectivity index (χ4n) is 3.04. The van der Waals surface area contributed by atoms with E-state index in [0.717, 1.165) is 37.0 Å². The lowest BCUT2D eigenvalue weighted by atomic mass is 10.0. The normalized spacial score (nSPS) is 16.5. The smallest absolute Gasteiger partial charge is 0.254 e. The highest BCUT2D eigenvalue weighted by atomic mass is 32.1. The van der Waals surface area contributed by atoms with Gasteiger partial charge in [-0.2, -0.15) is 0 Å². The number of amides is 1. The molecule has 0 saturated carbocycles. The van der Waals surface area contributed by atoms with E-state index < -0.39 is 6.10 Å². The number of thiazole rings is 1. The third-order valence-corrected chi connectivity index (χ3v) is 5.58. The first kappa shape index (κ1) is 18.6. The van der Waals surface area contributed by atoms with E-state index >= 15 is 0 Å². The zero-order valence-corrected chi connectivity index (χ0v) is 15.8. The molecule has 0 aliphatic carbocycles. The minimum absolute atomic E-state index is 0.0901. The molecule has 1 saturated heterocycles. The number of anilines is 1. The maximum atomic E-state index is 11.8. The Hall–Kier alpha value is -2.16. The van der Waals surface area contributed by atoms with Crippen molar-refractivity contribution in [1.29, 1.82) is 0 Å². The van der Waals surface area contributed by atoms with Crippen LogP contribution in [0.1, 0.15) is 27.7 Å². The summed E-state index contributed by atoms with van der Waals surface area (Å²) < 4.78 is 0. The summed E-state index contributed by atoms with van der Waals surface area (Å²) in [7, 11) is 1.51. The molecule has 3 N–H and O–H groups in total. The summed E-state index contributed by atoms with van der Waals surface area (Å²) in [6.07, 6.45) is -0.715. The van der Waals surface area contributed by atoms with Gasteiger partial charge in [0.25, 0.3) is 5.91 Å². The van der Waals surface area contributed by atoms with Crippen LogP contribution in [0.2, 0.25) is 0 Å². The number of aromatic hydroxyl groups is 1. The highest BCUT2D eigenvalue weighted by Crippen LogP contribution is 2.25. The number of rotatable bonds is 5. The van der Waals surface area contributed by atoms with Crippen LogP contribution in [0.3, 0.4) is 0 Å². The Labute approximate surface area is 156 Å². The average Bonchev–Trinajstić information content (AvgIpc) is 3.08. The fourth-order valence-corrected chi connectivity index (χ4v) is 3.89. The Morgan fingerprint density at radius 3 is 2.69 bits per heavy atom. The van der Waals surface area contributed by atoms with Crippen molar-refractivity contribution in [3.63, 3.8) is 0 Å². The third kappa shape index (κ3) is 4.14. The number of benzene rings is 1. The Morgan fingerprint density at radius 1 is 1.35 bits per heavy atom. The van der Waals surface area contributed by atoms with Crippen molar-refractivity contribution in [2.75, 3.05) is 44.7 Å². The minimum atomic E-state index is -0.715. The summed E-state index contributed by atoms with van der Waals surface area (Å²) in [5.41, 5.74) is 1.84. The van der Waals surface area contributed by atoms with Crippen LogP contribution in [0, 0.1) is 6.92 Å². The van der Waals surface area contributed by atoms with Gasteiger partial charge >= 0.3 is 0 Å².